The Labute approximate surface area is 193 Å². The number of hydrogen-bond acceptors (Lipinski definition) is 3. The van der Waals surface area contributed by atoms with E-state index in [1.54, 1.807) is 12.1 Å². The fraction of sp³-hybridized carbons (Fsp3) is 0.259. The molecule has 1 fully saturated rings. The minimum atomic E-state index is -0.853. The van der Waals surface area contributed by atoms with Crippen LogP contribution in [0.5, 0.6) is 0 Å². The van der Waals surface area contributed by atoms with E-state index in [-0.39, 0.29) is 24.2 Å². The normalized spacial score (nSPS) is 15.2. The van der Waals surface area contributed by atoms with Gasteiger partial charge in [-0.2, -0.15) is 0 Å². The molecule has 1 aliphatic rings. The van der Waals surface area contributed by atoms with E-state index in [0.29, 0.717) is 38.2 Å². The van der Waals surface area contributed by atoms with Gasteiger partial charge in [0, 0.05) is 44.2 Å². The zero-order valence-electron chi connectivity index (χ0n) is 18.4. The van der Waals surface area contributed by atoms with E-state index in [0.717, 1.165) is 16.7 Å². The largest absolute Gasteiger partial charge is 0.481 e. The Morgan fingerprint density at radius 3 is 2.15 bits per heavy atom. The molecule has 0 unspecified atom stereocenters. The van der Waals surface area contributed by atoms with Crippen LogP contribution >= 0.6 is 0 Å². The van der Waals surface area contributed by atoms with Gasteiger partial charge in [-0.15, -0.1) is 0 Å². The Kier molecular flexibility index (Phi) is 7.15. The van der Waals surface area contributed by atoms with Crippen LogP contribution in [-0.4, -0.2) is 53.0 Å². The van der Waals surface area contributed by atoms with Gasteiger partial charge in [0.1, 0.15) is 5.82 Å². The number of aliphatic carboxylic acids is 1. The van der Waals surface area contributed by atoms with Crippen molar-refractivity contribution in [2.45, 2.75) is 18.9 Å². The first-order valence-electron chi connectivity index (χ1n) is 11.2. The van der Waals surface area contributed by atoms with Crippen molar-refractivity contribution in [3.8, 4) is 11.1 Å². The van der Waals surface area contributed by atoms with Crippen molar-refractivity contribution >= 4 is 11.9 Å². The SMILES string of the molecule is O=C(O)CC[C@@H](c1ccc(F)cc1)N1CCN(C(=O)c2ccccc2-c2ccccc2)CC1. The molecule has 3 aromatic carbocycles. The van der Waals surface area contributed by atoms with E-state index in [2.05, 4.69) is 4.90 Å². The Morgan fingerprint density at radius 2 is 1.48 bits per heavy atom. The molecule has 1 saturated heterocycles. The van der Waals surface area contributed by atoms with Gasteiger partial charge in [-0.25, -0.2) is 4.39 Å². The van der Waals surface area contributed by atoms with Crippen LogP contribution < -0.4 is 0 Å². The number of piperazine rings is 1. The lowest BCUT2D eigenvalue weighted by atomic mass is 9.98. The number of carbonyl (C=O) groups excluding carboxylic acids is 1. The molecule has 1 aliphatic heterocycles. The average molecular weight is 447 g/mol. The summed E-state index contributed by atoms with van der Waals surface area (Å²) in [6.45, 7) is 2.35. The van der Waals surface area contributed by atoms with Gasteiger partial charge < -0.3 is 10.0 Å². The van der Waals surface area contributed by atoms with Crippen molar-refractivity contribution in [2.24, 2.45) is 0 Å². The van der Waals surface area contributed by atoms with Crippen molar-refractivity contribution in [1.29, 1.82) is 0 Å². The Morgan fingerprint density at radius 1 is 0.848 bits per heavy atom. The van der Waals surface area contributed by atoms with Gasteiger partial charge in [-0.3, -0.25) is 14.5 Å². The summed E-state index contributed by atoms with van der Waals surface area (Å²) in [6, 6.07) is 23.6. The third kappa shape index (κ3) is 5.46. The van der Waals surface area contributed by atoms with E-state index in [4.69, 9.17) is 0 Å². The molecule has 5 nitrogen and oxygen atoms in total. The molecule has 0 aliphatic carbocycles. The molecule has 1 atom stereocenters. The highest BCUT2D eigenvalue weighted by molar-refractivity contribution is 6.01. The highest BCUT2D eigenvalue weighted by Crippen LogP contribution is 2.29. The molecule has 0 radical (unpaired) electrons. The van der Waals surface area contributed by atoms with Crippen LogP contribution in [0, 0.1) is 5.82 Å². The van der Waals surface area contributed by atoms with Gasteiger partial charge in [0.15, 0.2) is 0 Å². The zero-order valence-corrected chi connectivity index (χ0v) is 18.4. The molecule has 3 aromatic rings. The van der Waals surface area contributed by atoms with Crippen molar-refractivity contribution in [3.63, 3.8) is 0 Å². The molecule has 4 rings (SSSR count). The number of amides is 1. The highest BCUT2D eigenvalue weighted by Gasteiger charge is 2.28. The second-order valence-corrected chi connectivity index (χ2v) is 8.24. The van der Waals surface area contributed by atoms with Gasteiger partial charge in [0.05, 0.1) is 0 Å². The van der Waals surface area contributed by atoms with Crippen LogP contribution in [0.4, 0.5) is 4.39 Å². The fourth-order valence-electron chi connectivity index (χ4n) is 4.45. The first kappa shape index (κ1) is 22.7. The number of rotatable bonds is 7. The maximum Gasteiger partial charge on any atom is 0.303 e. The summed E-state index contributed by atoms with van der Waals surface area (Å²) in [5.74, 6) is -1.17. The molecule has 0 bridgehead atoms. The fourth-order valence-corrected chi connectivity index (χ4v) is 4.45. The van der Waals surface area contributed by atoms with E-state index < -0.39 is 5.97 Å². The van der Waals surface area contributed by atoms with Crippen molar-refractivity contribution in [2.75, 3.05) is 26.2 Å². The molecule has 0 spiro atoms. The van der Waals surface area contributed by atoms with Crippen LogP contribution in [-0.2, 0) is 4.79 Å². The molecule has 1 amide bonds. The summed E-state index contributed by atoms with van der Waals surface area (Å²) in [5.41, 5.74) is 3.49. The first-order chi connectivity index (χ1) is 16.0. The zero-order chi connectivity index (χ0) is 23.2. The lowest BCUT2D eigenvalue weighted by Gasteiger charge is -2.39. The Hall–Kier alpha value is -3.51. The number of carboxylic acids is 1. The average Bonchev–Trinajstić information content (AvgIpc) is 2.85. The lowest BCUT2D eigenvalue weighted by molar-refractivity contribution is -0.137. The molecule has 1 N–H and O–H groups in total. The quantitative estimate of drug-likeness (QED) is 0.563. The summed E-state index contributed by atoms with van der Waals surface area (Å²) in [6.07, 6.45) is 0.470. The van der Waals surface area contributed by atoms with Crippen LogP contribution in [0.25, 0.3) is 11.1 Å². The third-order valence-corrected chi connectivity index (χ3v) is 6.17. The van der Waals surface area contributed by atoms with Crippen LogP contribution in [0.1, 0.15) is 34.8 Å². The minimum absolute atomic E-state index is 0.00188. The topological polar surface area (TPSA) is 60.9 Å². The number of benzene rings is 3. The predicted octanol–water partition coefficient (Wildman–Crippen LogP) is 4.86. The van der Waals surface area contributed by atoms with Gasteiger partial charge >= 0.3 is 5.97 Å². The Bertz CT molecular complexity index is 1090. The van der Waals surface area contributed by atoms with Crippen molar-refractivity contribution in [3.05, 3.63) is 95.8 Å². The smallest absolute Gasteiger partial charge is 0.303 e. The number of nitrogens with zero attached hydrogens (tertiary/aromatic N) is 2. The monoisotopic (exact) mass is 446 g/mol. The predicted molar refractivity (Wildman–Crippen MR) is 125 cm³/mol. The second-order valence-electron chi connectivity index (χ2n) is 8.24. The molecular formula is C27H27FN2O3. The molecule has 170 valence electrons. The van der Waals surface area contributed by atoms with Gasteiger partial charge in [-0.1, -0.05) is 60.7 Å². The van der Waals surface area contributed by atoms with Gasteiger partial charge in [0.25, 0.3) is 5.91 Å². The van der Waals surface area contributed by atoms with Crippen molar-refractivity contribution in [1.82, 2.24) is 9.80 Å². The van der Waals surface area contributed by atoms with Crippen LogP contribution in [0.2, 0.25) is 0 Å². The maximum atomic E-state index is 13.4. The number of carboxylic acid groups (broad SMARTS) is 1. The molecule has 33 heavy (non-hydrogen) atoms. The molecular weight excluding hydrogens is 419 g/mol. The lowest BCUT2D eigenvalue weighted by Crippen LogP contribution is -2.49. The summed E-state index contributed by atoms with van der Waals surface area (Å²) >= 11 is 0. The Balaban J connectivity index is 1.48. The summed E-state index contributed by atoms with van der Waals surface area (Å²) in [5, 5.41) is 9.18. The summed E-state index contributed by atoms with van der Waals surface area (Å²) in [7, 11) is 0. The third-order valence-electron chi connectivity index (χ3n) is 6.17. The van der Waals surface area contributed by atoms with Crippen molar-refractivity contribution < 1.29 is 19.1 Å². The number of halogens is 1. The minimum Gasteiger partial charge on any atom is -0.481 e. The first-order valence-corrected chi connectivity index (χ1v) is 11.2. The van der Waals surface area contributed by atoms with Gasteiger partial charge in [-0.05, 0) is 41.3 Å². The molecule has 0 saturated carbocycles. The number of carbonyl (C=O) groups is 2. The molecule has 6 heteroatoms. The summed E-state index contributed by atoms with van der Waals surface area (Å²) < 4.78 is 13.4. The van der Waals surface area contributed by atoms with E-state index in [1.807, 2.05) is 59.5 Å². The van der Waals surface area contributed by atoms with E-state index in [1.165, 1.54) is 12.1 Å². The summed E-state index contributed by atoms with van der Waals surface area (Å²) in [4.78, 5) is 28.6. The second kappa shape index (κ2) is 10.4. The maximum absolute atomic E-state index is 13.4. The van der Waals surface area contributed by atoms with E-state index >= 15 is 0 Å². The van der Waals surface area contributed by atoms with Crippen LogP contribution in [0.3, 0.4) is 0 Å². The van der Waals surface area contributed by atoms with Gasteiger partial charge in [0.2, 0.25) is 0 Å². The molecule has 1 heterocycles. The van der Waals surface area contributed by atoms with E-state index in [9.17, 15) is 19.1 Å². The van der Waals surface area contributed by atoms with Crippen LogP contribution in [0.15, 0.2) is 78.9 Å². The number of hydrogen-bond donors (Lipinski definition) is 1. The molecule has 0 aromatic heterocycles. The standard InChI is InChI=1S/C27H27FN2O3/c28-22-12-10-21(11-13-22)25(14-15-26(31)32)29-16-18-30(19-17-29)27(33)24-9-5-4-8-23(24)20-6-2-1-3-7-20/h1-13,25H,14-19H2,(H,31,32)/t25-/m0/s1. The highest BCUT2D eigenvalue weighted by atomic mass is 19.1.